The summed E-state index contributed by atoms with van der Waals surface area (Å²) in [6.07, 6.45) is 1.08. The fraction of sp³-hybridized carbons (Fsp3) is 0.562. The van der Waals surface area contributed by atoms with E-state index in [-0.39, 0.29) is 6.61 Å². The minimum atomic E-state index is 0.0821. The number of ether oxygens (including phenoxy) is 1. The molecule has 0 aromatic heterocycles. The zero-order chi connectivity index (χ0) is 14.9. The van der Waals surface area contributed by atoms with Crippen molar-refractivity contribution in [2.75, 3.05) is 57.4 Å². The second-order valence-electron chi connectivity index (χ2n) is 5.15. The van der Waals surface area contributed by atoms with E-state index in [2.05, 4.69) is 15.9 Å². The Morgan fingerprint density at radius 3 is 2.81 bits per heavy atom. The van der Waals surface area contributed by atoms with Crippen LogP contribution in [0.5, 0.6) is 0 Å². The fourth-order valence-electron chi connectivity index (χ4n) is 2.64. The molecule has 1 saturated heterocycles. The largest absolute Gasteiger partial charge is 0.394 e. The second kappa shape index (κ2) is 8.63. The van der Waals surface area contributed by atoms with Crippen molar-refractivity contribution in [3.8, 4) is 6.07 Å². The molecule has 0 bridgehead atoms. The van der Waals surface area contributed by atoms with Crippen LogP contribution >= 0.6 is 0 Å². The Balaban J connectivity index is 1.87. The molecule has 0 atom stereocenters. The van der Waals surface area contributed by atoms with Crippen molar-refractivity contribution in [3.63, 3.8) is 0 Å². The van der Waals surface area contributed by atoms with Crippen LogP contribution in [0.25, 0.3) is 0 Å². The number of hydrogen-bond donors (Lipinski definition) is 1. The van der Waals surface area contributed by atoms with Gasteiger partial charge < -0.3 is 14.7 Å². The van der Waals surface area contributed by atoms with Gasteiger partial charge in [0.25, 0.3) is 0 Å². The zero-order valence-corrected chi connectivity index (χ0v) is 12.4. The summed E-state index contributed by atoms with van der Waals surface area (Å²) in [6.45, 7) is 5.98. The number of rotatable bonds is 6. The minimum Gasteiger partial charge on any atom is -0.394 e. The molecule has 1 heterocycles. The van der Waals surface area contributed by atoms with Crippen molar-refractivity contribution >= 4 is 5.69 Å². The zero-order valence-electron chi connectivity index (χ0n) is 12.4. The summed E-state index contributed by atoms with van der Waals surface area (Å²) in [5.41, 5.74) is 1.79. The number of aliphatic hydroxyl groups excluding tert-OH is 1. The van der Waals surface area contributed by atoms with Crippen molar-refractivity contribution in [2.45, 2.75) is 6.42 Å². The molecule has 0 unspecified atom stereocenters. The molecular formula is C16H23N3O2. The molecule has 1 aromatic carbocycles. The van der Waals surface area contributed by atoms with Crippen LogP contribution in [0.4, 0.5) is 5.69 Å². The lowest BCUT2D eigenvalue weighted by molar-refractivity contribution is 0.0750. The summed E-state index contributed by atoms with van der Waals surface area (Å²) in [7, 11) is 0. The van der Waals surface area contributed by atoms with Gasteiger partial charge >= 0.3 is 0 Å². The Morgan fingerprint density at radius 1 is 1.14 bits per heavy atom. The van der Waals surface area contributed by atoms with Crippen LogP contribution in [0.3, 0.4) is 0 Å². The van der Waals surface area contributed by atoms with Crippen LogP contribution in [0.2, 0.25) is 0 Å². The molecule has 0 spiro atoms. The molecule has 1 fully saturated rings. The van der Waals surface area contributed by atoms with Crippen molar-refractivity contribution < 1.29 is 9.84 Å². The topological polar surface area (TPSA) is 59.7 Å². The first kappa shape index (κ1) is 15.8. The van der Waals surface area contributed by atoms with Crippen LogP contribution in [0.1, 0.15) is 12.0 Å². The van der Waals surface area contributed by atoms with Crippen LogP contribution in [0, 0.1) is 11.3 Å². The van der Waals surface area contributed by atoms with E-state index in [1.165, 1.54) is 0 Å². The summed E-state index contributed by atoms with van der Waals surface area (Å²) in [6, 6.07) is 10.1. The Labute approximate surface area is 126 Å². The number of nitrogens with zero attached hydrogens (tertiary/aromatic N) is 3. The van der Waals surface area contributed by atoms with Gasteiger partial charge in [0, 0.05) is 26.2 Å². The Bertz CT molecular complexity index is 473. The van der Waals surface area contributed by atoms with Crippen molar-refractivity contribution in [2.24, 2.45) is 0 Å². The maximum absolute atomic E-state index is 9.21. The average Bonchev–Trinajstić information content (AvgIpc) is 2.77. The quantitative estimate of drug-likeness (QED) is 0.794. The number of para-hydroxylation sites is 1. The van der Waals surface area contributed by atoms with E-state index in [0.717, 1.165) is 50.4 Å². The molecule has 5 nitrogen and oxygen atoms in total. The van der Waals surface area contributed by atoms with E-state index < -0.39 is 0 Å². The average molecular weight is 289 g/mol. The highest BCUT2D eigenvalue weighted by Gasteiger charge is 2.16. The van der Waals surface area contributed by atoms with Gasteiger partial charge in [0.15, 0.2) is 0 Å². The van der Waals surface area contributed by atoms with Gasteiger partial charge in [-0.3, -0.25) is 4.90 Å². The van der Waals surface area contributed by atoms with Gasteiger partial charge in [-0.05, 0) is 25.1 Å². The third-order valence-electron chi connectivity index (χ3n) is 3.74. The van der Waals surface area contributed by atoms with Gasteiger partial charge in [-0.2, -0.15) is 5.26 Å². The molecule has 114 valence electrons. The molecule has 1 N–H and O–H groups in total. The van der Waals surface area contributed by atoms with E-state index in [1.807, 2.05) is 24.3 Å². The van der Waals surface area contributed by atoms with E-state index in [1.54, 1.807) is 0 Å². The highest BCUT2D eigenvalue weighted by Crippen LogP contribution is 2.20. The van der Waals surface area contributed by atoms with E-state index in [0.29, 0.717) is 13.2 Å². The standard InChI is InChI=1S/C16H23N3O2/c17-14-15-4-1-2-5-16(15)19-7-3-6-18(8-9-19)10-12-21-13-11-20/h1-2,4-5,20H,3,6-13H2. The third-order valence-corrected chi connectivity index (χ3v) is 3.74. The Kier molecular flexibility index (Phi) is 6.48. The van der Waals surface area contributed by atoms with Gasteiger partial charge in [0.1, 0.15) is 6.07 Å². The summed E-state index contributed by atoms with van der Waals surface area (Å²) >= 11 is 0. The predicted molar refractivity (Wildman–Crippen MR) is 82.3 cm³/mol. The Morgan fingerprint density at radius 2 is 2.00 bits per heavy atom. The lowest BCUT2D eigenvalue weighted by Gasteiger charge is -2.24. The summed E-state index contributed by atoms with van der Waals surface area (Å²) in [4.78, 5) is 4.68. The highest BCUT2D eigenvalue weighted by molar-refractivity contribution is 5.59. The maximum atomic E-state index is 9.21. The monoisotopic (exact) mass is 289 g/mol. The number of aliphatic hydroxyl groups is 1. The summed E-state index contributed by atoms with van der Waals surface area (Å²) in [5.74, 6) is 0. The van der Waals surface area contributed by atoms with E-state index >= 15 is 0 Å². The first-order valence-corrected chi connectivity index (χ1v) is 7.50. The predicted octanol–water partition coefficient (Wildman–Crippen LogP) is 1.08. The molecule has 1 aromatic rings. The van der Waals surface area contributed by atoms with Crippen molar-refractivity contribution in [1.82, 2.24) is 4.90 Å². The number of hydrogen-bond acceptors (Lipinski definition) is 5. The van der Waals surface area contributed by atoms with Crippen molar-refractivity contribution in [3.05, 3.63) is 29.8 Å². The third kappa shape index (κ3) is 4.71. The molecule has 2 rings (SSSR count). The SMILES string of the molecule is N#Cc1ccccc1N1CCCN(CCOCCO)CC1. The summed E-state index contributed by atoms with van der Waals surface area (Å²) < 4.78 is 5.33. The van der Waals surface area contributed by atoms with Gasteiger partial charge in [0.2, 0.25) is 0 Å². The molecule has 0 amide bonds. The lowest BCUT2D eigenvalue weighted by atomic mass is 10.1. The Hall–Kier alpha value is -1.61. The van der Waals surface area contributed by atoms with E-state index in [4.69, 9.17) is 9.84 Å². The number of nitriles is 1. The molecule has 0 saturated carbocycles. The fourth-order valence-corrected chi connectivity index (χ4v) is 2.64. The molecule has 0 aliphatic carbocycles. The van der Waals surface area contributed by atoms with Crippen LogP contribution in [0.15, 0.2) is 24.3 Å². The highest BCUT2D eigenvalue weighted by atomic mass is 16.5. The molecule has 0 radical (unpaired) electrons. The minimum absolute atomic E-state index is 0.0821. The van der Waals surface area contributed by atoms with Gasteiger partial charge in [0.05, 0.1) is 31.1 Å². The molecular weight excluding hydrogens is 266 g/mol. The first-order valence-electron chi connectivity index (χ1n) is 7.50. The van der Waals surface area contributed by atoms with Crippen LogP contribution in [-0.2, 0) is 4.74 Å². The van der Waals surface area contributed by atoms with Gasteiger partial charge in [-0.15, -0.1) is 0 Å². The van der Waals surface area contributed by atoms with Gasteiger partial charge in [-0.25, -0.2) is 0 Å². The number of anilines is 1. The molecule has 21 heavy (non-hydrogen) atoms. The second-order valence-corrected chi connectivity index (χ2v) is 5.15. The van der Waals surface area contributed by atoms with Crippen molar-refractivity contribution in [1.29, 1.82) is 5.26 Å². The van der Waals surface area contributed by atoms with Crippen LogP contribution < -0.4 is 4.90 Å². The van der Waals surface area contributed by atoms with E-state index in [9.17, 15) is 5.26 Å². The first-order chi connectivity index (χ1) is 10.3. The molecule has 5 heteroatoms. The van der Waals surface area contributed by atoms with Gasteiger partial charge in [-0.1, -0.05) is 12.1 Å². The lowest BCUT2D eigenvalue weighted by Crippen LogP contribution is -2.33. The summed E-state index contributed by atoms with van der Waals surface area (Å²) in [5, 5.41) is 17.9. The normalized spacial score (nSPS) is 16.5. The maximum Gasteiger partial charge on any atom is 0.101 e. The molecule has 1 aliphatic heterocycles. The molecule has 1 aliphatic rings. The smallest absolute Gasteiger partial charge is 0.101 e. The van der Waals surface area contributed by atoms with Crippen LogP contribution in [-0.4, -0.2) is 62.6 Å². The number of benzene rings is 1.